The van der Waals surface area contributed by atoms with Crippen molar-refractivity contribution in [3.8, 4) is 59.7 Å². The summed E-state index contributed by atoms with van der Waals surface area (Å²) in [6, 6.07) is 0. The summed E-state index contributed by atoms with van der Waals surface area (Å²) in [5.41, 5.74) is 0. The number of unbranched alkanes of at least 4 members (excludes halogenated alkanes) is 9. The van der Waals surface area contributed by atoms with Gasteiger partial charge in [0.1, 0.15) is 6.61 Å². The first-order valence-corrected chi connectivity index (χ1v) is 13.2. The molecular weight excluding hydrogens is 529 g/mol. The number of hydrogen-bond acceptors (Lipinski definition) is 8. The maximum Gasteiger partial charge on any atom is 1.00 e. The second-order valence-electron chi connectivity index (χ2n) is 7.53. The number of terminal acetylenes is 1. The summed E-state index contributed by atoms with van der Waals surface area (Å²) in [5, 5.41) is 0. The van der Waals surface area contributed by atoms with Gasteiger partial charge in [-0.2, -0.15) is 0 Å². The van der Waals surface area contributed by atoms with E-state index in [4.69, 9.17) is 15.9 Å². The van der Waals surface area contributed by atoms with Crippen molar-refractivity contribution in [1.82, 2.24) is 0 Å². The zero-order chi connectivity index (χ0) is 26.9. The number of carbonyl (C=O) groups is 2. The Morgan fingerprint density at radius 3 is 1.82 bits per heavy atom. The van der Waals surface area contributed by atoms with Crippen LogP contribution in [0.1, 0.15) is 77.6 Å². The third-order valence-corrected chi connectivity index (χ3v) is 4.93. The standard InChI is InChI=1S/C27H33O8P.2Na/c1-3-5-7-9-11-13-14-16-18-20-22-27(29)35-25(24-34-36(30,31)32)23-33-26(28)21-19-17-15-12-10-8-6-4-2;;/h2,25H,3,5,7,9,11,13-14,16,18,20,22-24H2,1H3,(H2,30,31,32);;/q;2*+1/p-2/t25-;;/m1../s1. The van der Waals surface area contributed by atoms with E-state index >= 15 is 0 Å². The van der Waals surface area contributed by atoms with Gasteiger partial charge in [-0.05, 0) is 53.8 Å². The Kier molecular flexibility index (Phi) is 31.4. The Balaban J connectivity index is -0.00000612. The second-order valence-corrected chi connectivity index (χ2v) is 8.68. The van der Waals surface area contributed by atoms with Crippen LogP contribution in [-0.4, -0.2) is 31.3 Å². The van der Waals surface area contributed by atoms with E-state index in [9.17, 15) is 23.9 Å². The van der Waals surface area contributed by atoms with Gasteiger partial charge in [0.05, 0.1) is 14.4 Å². The van der Waals surface area contributed by atoms with Crippen molar-refractivity contribution in [3.63, 3.8) is 0 Å². The maximum atomic E-state index is 12.1. The first kappa shape index (κ1) is 41.3. The SMILES string of the molecule is C#CC#CC#CC#CC#CC(=O)OC[C@H](COP(=O)([O-])[O-])OC(=O)CCCCCCCCCCCC.[Na+].[Na+]. The minimum atomic E-state index is -5.30. The summed E-state index contributed by atoms with van der Waals surface area (Å²) in [7, 11) is -5.30. The Hall–Kier alpha value is -1.15. The van der Waals surface area contributed by atoms with E-state index in [0.29, 0.717) is 6.42 Å². The molecule has 0 aromatic rings. The molecule has 0 heterocycles. The van der Waals surface area contributed by atoms with E-state index in [-0.39, 0.29) is 65.5 Å². The fourth-order valence-electron chi connectivity index (χ4n) is 2.77. The summed E-state index contributed by atoms with van der Waals surface area (Å²) in [4.78, 5) is 45.3. The number of ether oxygens (including phenoxy) is 2. The van der Waals surface area contributed by atoms with E-state index in [0.717, 1.165) is 19.3 Å². The minimum absolute atomic E-state index is 0. The van der Waals surface area contributed by atoms with Gasteiger partial charge in [0.15, 0.2) is 6.10 Å². The van der Waals surface area contributed by atoms with Crippen LogP contribution in [0.15, 0.2) is 0 Å². The van der Waals surface area contributed by atoms with Gasteiger partial charge in [-0.3, -0.25) is 4.79 Å². The summed E-state index contributed by atoms with van der Waals surface area (Å²) in [6.07, 6.45) is 14.7. The molecule has 0 aliphatic heterocycles. The van der Waals surface area contributed by atoms with Crippen LogP contribution in [0.5, 0.6) is 0 Å². The van der Waals surface area contributed by atoms with Crippen molar-refractivity contribution >= 4 is 19.8 Å². The predicted octanol–water partition coefficient (Wildman–Crippen LogP) is -3.75. The predicted molar refractivity (Wildman–Crippen MR) is 131 cm³/mol. The molecule has 0 spiro atoms. The van der Waals surface area contributed by atoms with Gasteiger partial charge in [-0.15, -0.1) is 6.42 Å². The van der Waals surface area contributed by atoms with Gasteiger partial charge in [-0.25, -0.2) is 4.79 Å². The molecule has 0 saturated heterocycles. The number of phosphoric acid groups is 1. The number of esters is 2. The molecule has 1 atom stereocenters. The fourth-order valence-corrected chi connectivity index (χ4v) is 3.12. The molecule has 0 N–H and O–H groups in total. The van der Waals surface area contributed by atoms with Crippen LogP contribution < -0.4 is 68.9 Å². The van der Waals surface area contributed by atoms with Gasteiger partial charge < -0.3 is 28.3 Å². The van der Waals surface area contributed by atoms with Gasteiger partial charge in [-0.1, -0.05) is 64.7 Å². The molecule has 0 saturated carbocycles. The Bertz CT molecular complexity index is 1020. The Morgan fingerprint density at radius 2 is 1.29 bits per heavy atom. The van der Waals surface area contributed by atoms with Crippen LogP contribution in [0.2, 0.25) is 0 Å². The molecule has 0 aliphatic rings. The zero-order valence-corrected chi connectivity index (χ0v) is 27.5. The summed E-state index contributed by atoms with van der Waals surface area (Å²) in [5.74, 6) is 18.6. The molecular formula is C27H31Na2O8P. The third kappa shape index (κ3) is 31.1. The number of carbonyl (C=O) groups excluding carboxylic acids is 2. The molecule has 8 nitrogen and oxygen atoms in total. The van der Waals surface area contributed by atoms with E-state index in [2.05, 4.69) is 64.7 Å². The topological polar surface area (TPSA) is 125 Å². The van der Waals surface area contributed by atoms with Crippen molar-refractivity contribution in [2.45, 2.75) is 83.7 Å². The number of hydrogen-bond donors (Lipinski definition) is 0. The van der Waals surface area contributed by atoms with Crippen LogP contribution in [0.4, 0.5) is 0 Å². The molecule has 0 unspecified atom stereocenters. The van der Waals surface area contributed by atoms with Crippen LogP contribution in [0.25, 0.3) is 0 Å². The first-order chi connectivity index (χ1) is 17.3. The monoisotopic (exact) mass is 560 g/mol. The molecule has 0 aliphatic carbocycles. The van der Waals surface area contributed by atoms with Gasteiger partial charge in [0, 0.05) is 12.3 Å². The van der Waals surface area contributed by atoms with E-state index in [1.54, 1.807) is 0 Å². The molecule has 0 radical (unpaired) electrons. The van der Waals surface area contributed by atoms with Crippen LogP contribution in [0, 0.1) is 59.7 Å². The smallest absolute Gasteiger partial charge is 0.790 e. The van der Waals surface area contributed by atoms with Crippen molar-refractivity contribution in [3.05, 3.63) is 0 Å². The first-order valence-electron chi connectivity index (χ1n) is 11.8. The zero-order valence-electron chi connectivity index (χ0n) is 22.6. The molecule has 0 aromatic carbocycles. The molecule has 0 bridgehead atoms. The Morgan fingerprint density at radius 1 is 0.789 bits per heavy atom. The van der Waals surface area contributed by atoms with Crippen molar-refractivity contribution < 1.29 is 97.1 Å². The second kappa shape index (κ2) is 28.8. The molecule has 0 fully saturated rings. The van der Waals surface area contributed by atoms with Gasteiger partial charge in [0.25, 0.3) is 0 Å². The Labute approximate surface area is 271 Å². The summed E-state index contributed by atoms with van der Waals surface area (Å²) >= 11 is 0. The third-order valence-electron chi connectivity index (χ3n) is 4.46. The van der Waals surface area contributed by atoms with Gasteiger partial charge in [0.2, 0.25) is 0 Å². The average molecular weight is 560 g/mol. The van der Waals surface area contributed by atoms with Crippen molar-refractivity contribution in [2.24, 2.45) is 0 Å². The van der Waals surface area contributed by atoms with Gasteiger partial charge >= 0.3 is 71.1 Å². The molecule has 0 aromatic heterocycles. The van der Waals surface area contributed by atoms with E-state index < -0.39 is 39.1 Å². The van der Waals surface area contributed by atoms with E-state index in [1.165, 1.54) is 38.5 Å². The molecule has 11 heteroatoms. The normalized spacial score (nSPS) is 9.84. The quantitative estimate of drug-likeness (QED) is 0.0444. The summed E-state index contributed by atoms with van der Waals surface area (Å²) < 4.78 is 24.8. The maximum absolute atomic E-state index is 12.1. The molecule has 0 amide bonds. The number of rotatable bonds is 17. The molecule has 38 heavy (non-hydrogen) atoms. The van der Waals surface area contributed by atoms with Crippen LogP contribution >= 0.6 is 7.82 Å². The molecule has 0 rings (SSSR count). The molecule has 194 valence electrons. The average Bonchev–Trinajstić information content (AvgIpc) is 2.83. The van der Waals surface area contributed by atoms with Crippen LogP contribution in [-0.2, 0) is 28.2 Å². The van der Waals surface area contributed by atoms with Crippen molar-refractivity contribution in [2.75, 3.05) is 13.2 Å². The number of phosphoric ester groups is 1. The summed E-state index contributed by atoms with van der Waals surface area (Å²) in [6.45, 7) is 0.861. The minimum Gasteiger partial charge on any atom is -0.790 e. The largest absolute Gasteiger partial charge is 1.00 e. The van der Waals surface area contributed by atoms with E-state index in [1.807, 2.05) is 0 Å². The van der Waals surface area contributed by atoms with Crippen LogP contribution in [0.3, 0.4) is 0 Å². The fraction of sp³-hybridized carbons (Fsp3) is 0.556. The van der Waals surface area contributed by atoms with Crippen molar-refractivity contribution in [1.29, 1.82) is 0 Å².